The van der Waals surface area contributed by atoms with Crippen LogP contribution in [-0.2, 0) is 13.2 Å². The SMILES string of the molecule is CCNC(=O)c1noc(-c2cc(C(C)C)c(OCc3ccccc3)cc2OCc2ccccc2)c1[N+](=O)[O-]. The van der Waals surface area contributed by atoms with Gasteiger partial charge in [-0.25, -0.2) is 0 Å². The van der Waals surface area contributed by atoms with E-state index in [1.54, 1.807) is 19.1 Å². The number of rotatable bonds is 11. The predicted molar refractivity (Wildman–Crippen MR) is 142 cm³/mol. The summed E-state index contributed by atoms with van der Waals surface area (Å²) in [4.78, 5) is 23.9. The number of ether oxygens (including phenoxy) is 2. The Hall–Kier alpha value is -4.66. The molecule has 1 N–H and O–H groups in total. The lowest BCUT2D eigenvalue weighted by Crippen LogP contribution is -2.23. The van der Waals surface area contributed by atoms with Gasteiger partial charge in [-0.05, 0) is 35.6 Å². The van der Waals surface area contributed by atoms with Crippen molar-refractivity contribution < 1.29 is 23.7 Å². The van der Waals surface area contributed by atoms with Gasteiger partial charge in [-0.1, -0.05) is 79.7 Å². The molecule has 1 amide bonds. The van der Waals surface area contributed by atoms with E-state index in [-0.39, 0.29) is 24.8 Å². The van der Waals surface area contributed by atoms with Crippen LogP contribution in [-0.4, -0.2) is 22.5 Å². The third-order valence-electron chi connectivity index (χ3n) is 5.86. The van der Waals surface area contributed by atoms with Crippen molar-refractivity contribution in [2.45, 2.75) is 39.9 Å². The first-order chi connectivity index (χ1) is 18.4. The van der Waals surface area contributed by atoms with Gasteiger partial charge in [0.2, 0.25) is 11.5 Å². The minimum Gasteiger partial charge on any atom is -0.488 e. The number of nitrogens with zero attached hydrogens (tertiary/aromatic N) is 2. The normalized spacial score (nSPS) is 10.8. The first-order valence-electron chi connectivity index (χ1n) is 12.3. The molecule has 3 aromatic carbocycles. The molecule has 4 aromatic rings. The molecule has 9 nitrogen and oxygen atoms in total. The van der Waals surface area contributed by atoms with Crippen molar-refractivity contribution in [1.82, 2.24) is 10.5 Å². The molecule has 196 valence electrons. The number of carbonyl (C=O) groups is 1. The second-order valence-electron chi connectivity index (χ2n) is 8.91. The van der Waals surface area contributed by atoms with Gasteiger partial charge >= 0.3 is 5.69 Å². The standard InChI is InChI=1S/C29H29N3O6/c1-4-30-29(33)26-27(32(34)35)28(38-31-26)23-15-22(19(2)3)24(36-17-20-11-7-5-8-12-20)16-25(23)37-18-21-13-9-6-10-14-21/h5-16,19H,4,17-18H2,1-3H3,(H,30,33). The van der Waals surface area contributed by atoms with Crippen LogP contribution in [0, 0.1) is 10.1 Å². The Bertz CT molecular complexity index is 1400. The highest BCUT2D eigenvalue weighted by atomic mass is 16.6. The maximum absolute atomic E-state index is 12.5. The summed E-state index contributed by atoms with van der Waals surface area (Å²) in [5.41, 5.74) is 2.10. The molecule has 0 aliphatic heterocycles. The van der Waals surface area contributed by atoms with Gasteiger partial charge in [-0.2, -0.15) is 0 Å². The molecule has 0 unspecified atom stereocenters. The van der Waals surface area contributed by atoms with E-state index in [0.717, 1.165) is 16.7 Å². The van der Waals surface area contributed by atoms with Crippen LogP contribution in [0.1, 0.15) is 53.9 Å². The largest absolute Gasteiger partial charge is 0.488 e. The topological polar surface area (TPSA) is 117 Å². The summed E-state index contributed by atoms with van der Waals surface area (Å²) in [5.74, 6) is 0.0565. The van der Waals surface area contributed by atoms with Crippen molar-refractivity contribution in [1.29, 1.82) is 0 Å². The maximum atomic E-state index is 12.5. The summed E-state index contributed by atoms with van der Waals surface area (Å²) in [6, 6.07) is 22.8. The lowest BCUT2D eigenvalue weighted by atomic mass is 9.97. The number of hydrogen-bond acceptors (Lipinski definition) is 7. The number of hydrogen-bond donors (Lipinski definition) is 1. The Morgan fingerprint density at radius 2 is 1.55 bits per heavy atom. The molecular weight excluding hydrogens is 486 g/mol. The summed E-state index contributed by atoms with van der Waals surface area (Å²) in [5, 5.41) is 18.4. The number of nitrogens with one attached hydrogen (secondary N) is 1. The monoisotopic (exact) mass is 515 g/mol. The second-order valence-corrected chi connectivity index (χ2v) is 8.91. The molecule has 1 heterocycles. The summed E-state index contributed by atoms with van der Waals surface area (Å²) in [7, 11) is 0. The maximum Gasteiger partial charge on any atom is 0.349 e. The highest BCUT2D eigenvalue weighted by molar-refractivity contribution is 5.98. The Morgan fingerprint density at radius 1 is 0.974 bits per heavy atom. The van der Waals surface area contributed by atoms with Crippen molar-refractivity contribution in [3.8, 4) is 22.8 Å². The summed E-state index contributed by atoms with van der Waals surface area (Å²) in [6.45, 7) is 6.53. The molecule has 0 fully saturated rings. The zero-order valence-electron chi connectivity index (χ0n) is 21.5. The molecule has 0 aliphatic carbocycles. The van der Waals surface area contributed by atoms with Crippen molar-refractivity contribution in [2.24, 2.45) is 0 Å². The van der Waals surface area contributed by atoms with E-state index in [1.807, 2.05) is 74.5 Å². The molecule has 9 heteroatoms. The summed E-state index contributed by atoms with van der Waals surface area (Å²) >= 11 is 0. The highest BCUT2D eigenvalue weighted by Crippen LogP contribution is 2.43. The smallest absolute Gasteiger partial charge is 0.349 e. The van der Waals surface area contributed by atoms with Gasteiger partial charge in [0.15, 0.2) is 0 Å². The second kappa shape index (κ2) is 12.1. The van der Waals surface area contributed by atoms with Gasteiger partial charge in [0, 0.05) is 12.6 Å². The molecule has 0 saturated heterocycles. The van der Waals surface area contributed by atoms with Crippen LogP contribution in [0.2, 0.25) is 0 Å². The minimum absolute atomic E-state index is 0.00698. The number of benzene rings is 3. The molecule has 0 bridgehead atoms. The molecule has 0 aliphatic rings. The third kappa shape index (κ3) is 6.00. The van der Waals surface area contributed by atoms with E-state index >= 15 is 0 Å². The molecule has 0 radical (unpaired) electrons. The molecule has 1 aromatic heterocycles. The van der Waals surface area contributed by atoms with Crippen LogP contribution in [0.15, 0.2) is 77.3 Å². The number of aromatic nitrogens is 1. The average molecular weight is 516 g/mol. The first kappa shape index (κ1) is 26.4. The minimum atomic E-state index is -0.687. The van der Waals surface area contributed by atoms with E-state index in [1.165, 1.54) is 0 Å². The molecule has 0 spiro atoms. The molecular formula is C29H29N3O6. The zero-order chi connectivity index (χ0) is 27.1. The van der Waals surface area contributed by atoms with Crippen LogP contribution in [0.4, 0.5) is 5.69 Å². The van der Waals surface area contributed by atoms with Crippen LogP contribution in [0.25, 0.3) is 11.3 Å². The molecule has 38 heavy (non-hydrogen) atoms. The Labute approximate surface area is 220 Å². The first-order valence-corrected chi connectivity index (χ1v) is 12.3. The Balaban J connectivity index is 1.82. The van der Waals surface area contributed by atoms with Crippen molar-refractivity contribution in [2.75, 3.05) is 6.54 Å². The van der Waals surface area contributed by atoms with Crippen molar-refractivity contribution >= 4 is 11.6 Å². The number of amides is 1. The summed E-state index contributed by atoms with van der Waals surface area (Å²) in [6.07, 6.45) is 0. The lowest BCUT2D eigenvalue weighted by molar-refractivity contribution is -0.384. The predicted octanol–water partition coefficient (Wildman–Crippen LogP) is 6.28. The number of nitro groups is 1. The average Bonchev–Trinajstić information content (AvgIpc) is 3.37. The van der Waals surface area contributed by atoms with Crippen molar-refractivity contribution in [3.63, 3.8) is 0 Å². The Morgan fingerprint density at radius 3 is 2.08 bits per heavy atom. The van der Waals surface area contributed by atoms with Gasteiger partial charge in [-0.3, -0.25) is 14.9 Å². The summed E-state index contributed by atoms with van der Waals surface area (Å²) < 4.78 is 17.8. The Kier molecular flexibility index (Phi) is 8.37. The van der Waals surface area contributed by atoms with Gasteiger partial charge in [0.1, 0.15) is 24.7 Å². The van der Waals surface area contributed by atoms with Crippen LogP contribution in [0.5, 0.6) is 11.5 Å². The molecule has 4 rings (SSSR count). The van der Waals surface area contributed by atoms with E-state index in [4.69, 9.17) is 14.0 Å². The zero-order valence-corrected chi connectivity index (χ0v) is 21.5. The van der Waals surface area contributed by atoms with Crippen LogP contribution in [0.3, 0.4) is 0 Å². The third-order valence-corrected chi connectivity index (χ3v) is 5.86. The highest BCUT2D eigenvalue weighted by Gasteiger charge is 2.34. The van der Waals surface area contributed by atoms with Crippen LogP contribution < -0.4 is 14.8 Å². The quantitative estimate of drug-likeness (QED) is 0.184. The molecule has 0 atom stereocenters. The fourth-order valence-corrected chi connectivity index (χ4v) is 3.95. The fraction of sp³-hybridized carbons (Fsp3) is 0.241. The molecule has 0 saturated carbocycles. The van der Waals surface area contributed by atoms with Gasteiger partial charge in [-0.15, -0.1) is 0 Å². The van der Waals surface area contributed by atoms with E-state index in [2.05, 4.69) is 10.5 Å². The van der Waals surface area contributed by atoms with E-state index in [9.17, 15) is 14.9 Å². The van der Waals surface area contributed by atoms with E-state index in [0.29, 0.717) is 23.7 Å². The van der Waals surface area contributed by atoms with Gasteiger partial charge in [0.25, 0.3) is 5.91 Å². The van der Waals surface area contributed by atoms with Gasteiger partial charge in [0.05, 0.1) is 10.5 Å². The van der Waals surface area contributed by atoms with E-state index < -0.39 is 22.2 Å². The van der Waals surface area contributed by atoms with Crippen molar-refractivity contribution in [3.05, 3.63) is 105 Å². The fourth-order valence-electron chi connectivity index (χ4n) is 3.95. The van der Waals surface area contributed by atoms with Gasteiger partial charge < -0.3 is 19.3 Å². The van der Waals surface area contributed by atoms with Crippen LogP contribution >= 0.6 is 0 Å². The lowest BCUT2D eigenvalue weighted by Gasteiger charge is -2.18. The number of carbonyl (C=O) groups excluding carboxylic acids is 1.